The zero-order valence-corrected chi connectivity index (χ0v) is 14.9. The lowest BCUT2D eigenvalue weighted by molar-refractivity contribution is -0.125. The highest BCUT2D eigenvalue weighted by Crippen LogP contribution is 2.40. The Hall–Kier alpha value is -3.22. The number of methoxy groups -OCH3 is 1. The quantitative estimate of drug-likeness (QED) is 0.817. The Bertz CT molecular complexity index is 882. The molecule has 2 unspecified atom stereocenters. The van der Waals surface area contributed by atoms with Crippen LogP contribution in [0.2, 0.25) is 0 Å². The second kappa shape index (κ2) is 7.19. The Labute approximate surface area is 156 Å². The molecule has 2 aromatic rings. The SMILES string of the molecule is COc1ccccc1CNC(=O)C1CC1C(=O)Nc1ccc2c(c1)OCO2. The van der Waals surface area contributed by atoms with Crippen LogP contribution in [0.25, 0.3) is 0 Å². The molecule has 0 spiro atoms. The van der Waals surface area contributed by atoms with Crippen LogP contribution in [0.1, 0.15) is 12.0 Å². The van der Waals surface area contributed by atoms with Crippen molar-refractivity contribution < 1.29 is 23.8 Å². The van der Waals surface area contributed by atoms with Crippen molar-refractivity contribution in [1.29, 1.82) is 0 Å². The number of benzene rings is 2. The molecule has 27 heavy (non-hydrogen) atoms. The zero-order valence-electron chi connectivity index (χ0n) is 14.9. The highest BCUT2D eigenvalue weighted by Gasteiger charge is 2.48. The number of amides is 2. The molecule has 4 rings (SSSR count). The van der Waals surface area contributed by atoms with Gasteiger partial charge in [-0.2, -0.15) is 0 Å². The molecule has 2 aliphatic rings. The highest BCUT2D eigenvalue weighted by atomic mass is 16.7. The van der Waals surface area contributed by atoms with E-state index in [0.29, 0.717) is 30.2 Å². The zero-order chi connectivity index (χ0) is 18.8. The monoisotopic (exact) mass is 368 g/mol. The molecule has 1 aliphatic carbocycles. The molecule has 2 aromatic carbocycles. The van der Waals surface area contributed by atoms with E-state index in [1.165, 1.54) is 0 Å². The predicted molar refractivity (Wildman–Crippen MR) is 97.6 cm³/mol. The first-order valence-corrected chi connectivity index (χ1v) is 8.76. The van der Waals surface area contributed by atoms with Crippen molar-refractivity contribution in [2.24, 2.45) is 11.8 Å². The van der Waals surface area contributed by atoms with Gasteiger partial charge in [0, 0.05) is 23.9 Å². The average molecular weight is 368 g/mol. The van der Waals surface area contributed by atoms with Gasteiger partial charge in [-0.05, 0) is 24.6 Å². The van der Waals surface area contributed by atoms with Gasteiger partial charge >= 0.3 is 0 Å². The molecular weight excluding hydrogens is 348 g/mol. The van der Waals surface area contributed by atoms with Crippen LogP contribution in [0.15, 0.2) is 42.5 Å². The number of ether oxygens (including phenoxy) is 3. The van der Waals surface area contributed by atoms with Gasteiger partial charge in [0.05, 0.1) is 18.9 Å². The Morgan fingerprint density at radius 2 is 1.85 bits per heavy atom. The summed E-state index contributed by atoms with van der Waals surface area (Å²) in [4.78, 5) is 24.7. The third-order valence-corrected chi connectivity index (χ3v) is 4.75. The topological polar surface area (TPSA) is 85.9 Å². The molecule has 7 heteroatoms. The number of fused-ring (bicyclic) bond motifs is 1. The summed E-state index contributed by atoms with van der Waals surface area (Å²) in [6, 6.07) is 12.7. The maximum Gasteiger partial charge on any atom is 0.231 e. The maximum atomic E-state index is 12.4. The van der Waals surface area contributed by atoms with Gasteiger partial charge in [0.25, 0.3) is 0 Å². The van der Waals surface area contributed by atoms with Gasteiger partial charge in [0.15, 0.2) is 11.5 Å². The number of para-hydroxylation sites is 1. The fraction of sp³-hybridized carbons (Fsp3) is 0.300. The van der Waals surface area contributed by atoms with E-state index in [0.717, 1.165) is 11.3 Å². The normalized spacial score (nSPS) is 19.3. The van der Waals surface area contributed by atoms with Crippen LogP contribution in [-0.2, 0) is 16.1 Å². The molecule has 0 aromatic heterocycles. The molecule has 1 heterocycles. The number of anilines is 1. The van der Waals surface area contributed by atoms with E-state index in [1.807, 2.05) is 24.3 Å². The van der Waals surface area contributed by atoms with Crippen molar-refractivity contribution >= 4 is 17.5 Å². The van der Waals surface area contributed by atoms with Crippen molar-refractivity contribution in [2.75, 3.05) is 19.2 Å². The third-order valence-electron chi connectivity index (χ3n) is 4.75. The standard InChI is InChI=1S/C20H20N2O5/c1-25-16-5-3-2-4-12(16)10-21-19(23)14-9-15(14)20(24)22-13-6-7-17-18(8-13)27-11-26-17/h2-8,14-15H,9-11H2,1H3,(H,21,23)(H,22,24). The van der Waals surface area contributed by atoms with Crippen LogP contribution in [0, 0.1) is 11.8 Å². The Balaban J connectivity index is 1.29. The Kier molecular flexibility index (Phi) is 4.58. The fourth-order valence-electron chi connectivity index (χ4n) is 3.15. The molecule has 2 N–H and O–H groups in total. The first kappa shape index (κ1) is 17.2. The number of hydrogen-bond donors (Lipinski definition) is 2. The van der Waals surface area contributed by atoms with E-state index in [9.17, 15) is 9.59 Å². The lowest BCUT2D eigenvalue weighted by Crippen LogP contribution is -2.27. The minimum Gasteiger partial charge on any atom is -0.496 e. The van der Waals surface area contributed by atoms with Crippen LogP contribution in [0.5, 0.6) is 17.2 Å². The second-order valence-electron chi connectivity index (χ2n) is 6.54. The van der Waals surface area contributed by atoms with Gasteiger partial charge in [-0.1, -0.05) is 18.2 Å². The third kappa shape index (κ3) is 3.67. The summed E-state index contributed by atoms with van der Waals surface area (Å²) >= 11 is 0. The minimum atomic E-state index is -0.312. The number of hydrogen-bond acceptors (Lipinski definition) is 5. The van der Waals surface area contributed by atoms with E-state index in [1.54, 1.807) is 25.3 Å². The molecule has 1 aliphatic heterocycles. The van der Waals surface area contributed by atoms with Crippen LogP contribution in [0.3, 0.4) is 0 Å². The first-order chi connectivity index (χ1) is 13.2. The largest absolute Gasteiger partial charge is 0.496 e. The average Bonchev–Trinajstić information content (AvgIpc) is 3.37. The molecular formula is C20H20N2O5. The number of carbonyl (C=O) groups is 2. The van der Waals surface area contributed by atoms with Gasteiger partial charge in [-0.3, -0.25) is 9.59 Å². The molecule has 0 radical (unpaired) electrons. The second-order valence-corrected chi connectivity index (χ2v) is 6.54. The van der Waals surface area contributed by atoms with Gasteiger partial charge < -0.3 is 24.8 Å². The van der Waals surface area contributed by atoms with Crippen molar-refractivity contribution in [1.82, 2.24) is 5.32 Å². The number of rotatable bonds is 6. The number of carbonyl (C=O) groups excluding carboxylic acids is 2. The van der Waals surface area contributed by atoms with E-state index in [-0.39, 0.29) is 30.4 Å². The molecule has 0 saturated heterocycles. The van der Waals surface area contributed by atoms with Crippen LogP contribution in [0.4, 0.5) is 5.69 Å². The summed E-state index contributed by atoms with van der Waals surface area (Å²) in [5, 5.41) is 5.72. The Morgan fingerprint density at radius 1 is 1.07 bits per heavy atom. The predicted octanol–water partition coefficient (Wildman–Crippen LogP) is 2.31. The molecule has 0 bridgehead atoms. The summed E-state index contributed by atoms with van der Waals surface area (Å²) < 4.78 is 15.8. The van der Waals surface area contributed by atoms with Crippen molar-refractivity contribution in [2.45, 2.75) is 13.0 Å². The van der Waals surface area contributed by atoms with Crippen molar-refractivity contribution in [3.05, 3.63) is 48.0 Å². The van der Waals surface area contributed by atoms with E-state index in [4.69, 9.17) is 14.2 Å². The molecule has 2 amide bonds. The van der Waals surface area contributed by atoms with Crippen LogP contribution in [-0.4, -0.2) is 25.7 Å². The molecule has 140 valence electrons. The lowest BCUT2D eigenvalue weighted by Gasteiger charge is -2.09. The summed E-state index contributed by atoms with van der Waals surface area (Å²) in [7, 11) is 1.60. The Morgan fingerprint density at radius 3 is 2.70 bits per heavy atom. The molecule has 1 fully saturated rings. The number of nitrogens with one attached hydrogen (secondary N) is 2. The van der Waals surface area contributed by atoms with Crippen LogP contribution >= 0.6 is 0 Å². The summed E-state index contributed by atoms with van der Waals surface area (Å²) in [5.74, 6) is 1.10. The van der Waals surface area contributed by atoms with Crippen molar-refractivity contribution in [3.63, 3.8) is 0 Å². The first-order valence-electron chi connectivity index (χ1n) is 8.76. The van der Waals surface area contributed by atoms with E-state index < -0.39 is 0 Å². The van der Waals surface area contributed by atoms with Gasteiger partial charge in [-0.15, -0.1) is 0 Å². The van der Waals surface area contributed by atoms with Crippen LogP contribution < -0.4 is 24.8 Å². The summed E-state index contributed by atoms with van der Waals surface area (Å²) in [6.07, 6.45) is 0.550. The highest BCUT2D eigenvalue weighted by molar-refractivity contribution is 5.99. The van der Waals surface area contributed by atoms with Gasteiger partial charge in [0.1, 0.15) is 5.75 Å². The van der Waals surface area contributed by atoms with Crippen molar-refractivity contribution in [3.8, 4) is 17.2 Å². The molecule has 7 nitrogen and oxygen atoms in total. The minimum absolute atomic E-state index is 0.119. The van der Waals surface area contributed by atoms with Gasteiger partial charge in [-0.25, -0.2) is 0 Å². The molecule has 1 saturated carbocycles. The van der Waals surface area contributed by atoms with E-state index >= 15 is 0 Å². The summed E-state index contributed by atoms with van der Waals surface area (Å²) in [6.45, 7) is 0.555. The molecule has 2 atom stereocenters. The van der Waals surface area contributed by atoms with E-state index in [2.05, 4.69) is 10.6 Å². The summed E-state index contributed by atoms with van der Waals surface area (Å²) in [5.41, 5.74) is 1.53. The fourth-order valence-corrected chi connectivity index (χ4v) is 3.15. The van der Waals surface area contributed by atoms with Gasteiger partial charge in [0.2, 0.25) is 18.6 Å². The maximum absolute atomic E-state index is 12.4. The smallest absolute Gasteiger partial charge is 0.231 e. The lowest BCUT2D eigenvalue weighted by atomic mass is 10.2.